The smallest absolute Gasteiger partial charge is 0.308 e. The van der Waals surface area contributed by atoms with Crippen LogP contribution in [0.2, 0.25) is 0 Å². The van der Waals surface area contributed by atoms with Gasteiger partial charge >= 0.3 is 11.9 Å². The monoisotopic (exact) mass is 417 g/mol. The number of ether oxygens (including phenoxy) is 2. The summed E-state index contributed by atoms with van der Waals surface area (Å²) in [7, 11) is 15.2. The van der Waals surface area contributed by atoms with Gasteiger partial charge in [-0.05, 0) is 90.6 Å². The molecule has 0 aliphatic carbocycles. The van der Waals surface area contributed by atoms with Gasteiger partial charge in [0.05, 0.1) is 20.1 Å². The Balaban J connectivity index is 0. The summed E-state index contributed by atoms with van der Waals surface area (Å²) in [4.78, 5) is 26.8. The number of nitrogens with zero attached hydrogens (tertiary/aromatic N) is 2. The molecule has 0 aromatic rings. The fourth-order valence-corrected chi connectivity index (χ4v) is 3.87. The van der Waals surface area contributed by atoms with E-state index in [1.807, 2.05) is 6.92 Å². The Bertz CT molecular complexity index is 442. The normalized spacial score (nSPS) is 19.1. The standard InChI is InChI=1S/C11H21NO2.C10H19NO2.B2.B/c1-9(11(13)14-3)8-10-4-6-12(2)7-5-10;1-11-7-5-9(6-8-11)3-4-10(12)13-2;1-2;/h9-10H,4-8H2,1-3H3;9H,3-8H2,1-2H3;;. The fourth-order valence-electron chi connectivity index (χ4n) is 3.87. The van der Waals surface area contributed by atoms with Gasteiger partial charge in [0.25, 0.3) is 0 Å². The van der Waals surface area contributed by atoms with Crippen molar-refractivity contribution in [3.63, 3.8) is 0 Å². The van der Waals surface area contributed by atoms with Gasteiger partial charge in [-0.1, -0.05) is 6.92 Å². The second kappa shape index (κ2) is 18.8. The maximum absolute atomic E-state index is 11.2. The zero-order valence-electron chi connectivity index (χ0n) is 19.8. The topological polar surface area (TPSA) is 59.1 Å². The molecular weight excluding hydrogens is 377 g/mol. The van der Waals surface area contributed by atoms with Crippen LogP contribution in [0, 0.1) is 17.8 Å². The van der Waals surface area contributed by atoms with E-state index < -0.39 is 0 Å². The van der Waals surface area contributed by atoms with Crippen LogP contribution in [0.3, 0.4) is 0 Å². The van der Waals surface area contributed by atoms with Crippen LogP contribution >= 0.6 is 0 Å². The van der Waals surface area contributed by atoms with Crippen molar-refractivity contribution in [2.75, 3.05) is 54.5 Å². The van der Waals surface area contributed by atoms with Crippen molar-refractivity contribution in [1.82, 2.24) is 9.80 Å². The zero-order chi connectivity index (χ0) is 22.2. The minimum absolute atomic E-state index is 0. The summed E-state index contributed by atoms with van der Waals surface area (Å²) in [5, 5.41) is 0. The number of methoxy groups -OCH3 is 2. The highest BCUT2D eigenvalue weighted by Gasteiger charge is 2.22. The maximum Gasteiger partial charge on any atom is 0.308 e. The molecule has 0 N–H and O–H groups in total. The Hall–Kier alpha value is -0.945. The lowest BCUT2D eigenvalue weighted by atomic mass is 9.81. The fraction of sp³-hybridized carbons (Fsp3) is 0.905. The van der Waals surface area contributed by atoms with Crippen LogP contribution in [0.1, 0.15) is 51.9 Å². The molecule has 30 heavy (non-hydrogen) atoms. The molecule has 7 radical (unpaired) electrons. The number of carbonyl (C=O) groups is 2. The predicted octanol–water partition coefficient (Wildman–Crippen LogP) is 1.67. The number of piperidine rings is 2. The predicted molar refractivity (Wildman–Crippen MR) is 125 cm³/mol. The van der Waals surface area contributed by atoms with Gasteiger partial charge < -0.3 is 19.3 Å². The van der Waals surface area contributed by atoms with Crippen molar-refractivity contribution in [2.24, 2.45) is 17.8 Å². The Morgan fingerprint density at radius 3 is 1.73 bits per heavy atom. The minimum atomic E-state index is -0.0704. The number of rotatable bonds is 6. The number of likely N-dealkylation sites (tertiary alicyclic amines) is 2. The van der Waals surface area contributed by atoms with Crippen LogP contribution < -0.4 is 0 Å². The quantitative estimate of drug-likeness (QED) is 0.485. The number of hydrogen-bond donors (Lipinski definition) is 0. The van der Waals surface area contributed by atoms with Crippen molar-refractivity contribution in [3.05, 3.63) is 0 Å². The van der Waals surface area contributed by atoms with Crippen molar-refractivity contribution >= 4 is 35.8 Å². The lowest BCUT2D eigenvalue weighted by molar-refractivity contribution is -0.145. The van der Waals surface area contributed by atoms with Gasteiger partial charge in [0, 0.05) is 30.3 Å². The second-order valence-corrected chi connectivity index (χ2v) is 8.27. The summed E-state index contributed by atoms with van der Waals surface area (Å²) in [6, 6.07) is 0. The van der Waals surface area contributed by atoms with Crippen LogP contribution in [0.25, 0.3) is 0 Å². The summed E-state index contributed by atoms with van der Waals surface area (Å²) in [6.45, 7) is 6.64. The van der Waals surface area contributed by atoms with E-state index >= 15 is 0 Å². The molecule has 1 atom stereocenters. The molecule has 2 aliphatic rings. The average molecular weight is 417 g/mol. The molecule has 0 spiro atoms. The highest BCUT2D eigenvalue weighted by molar-refractivity contribution is 6.75. The lowest BCUT2D eigenvalue weighted by Gasteiger charge is -2.29. The third-order valence-corrected chi connectivity index (χ3v) is 5.95. The SMILES string of the molecule is COC(=O)C(C)CC1CCN(C)CC1.COC(=O)CCC1CCN(C)CC1.[B].[B][B]. The zero-order valence-corrected chi connectivity index (χ0v) is 19.8. The van der Waals surface area contributed by atoms with Crippen LogP contribution in [-0.2, 0) is 19.1 Å². The summed E-state index contributed by atoms with van der Waals surface area (Å²) < 4.78 is 9.34. The van der Waals surface area contributed by atoms with Crippen LogP contribution in [0.15, 0.2) is 0 Å². The van der Waals surface area contributed by atoms with Gasteiger partial charge in [-0.15, -0.1) is 0 Å². The Labute approximate surface area is 189 Å². The molecule has 2 rings (SSSR count). The molecule has 0 aromatic carbocycles. The van der Waals surface area contributed by atoms with Crippen molar-refractivity contribution in [1.29, 1.82) is 0 Å². The molecule has 2 saturated heterocycles. The molecule has 2 aliphatic heterocycles. The van der Waals surface area contributed by atoms with E-state index in [0.29, 0.717) is 12.3 Å². The maximum atomic E-state index is 11.2. The third-order valence-electron chi connectivity index (χ3n) is 5.95. The molecule has 2 fully saturated rings. The van der Waals surface area contributed by atoms with Gasteiger partial charge in [0.1, 0.15) is 0 Å². The minimum Gasteiger partial charge on any atom is -0.469 e. The molecule has 167 valence electrons. The van der Waals surface area contributed by atoms with Gasteiger partial charge in [0.2, 0.25) is 0 Å². The van der Waals surface area contributed by atoms with Crippen molar-refractivity contribution in [3.8, 4) is 0 Å². The molecule has 2 heterocycles. The van der Waals surface area contributed by atoms with Gasteiger partial charge in [-0.25, -0.2) is 0 Å². The van der Waals surface area contributed by atoms with Gasteiger partial charge in [-0.2, -0.15) is 0 Å². The number of carbonyl (C=O) groups excluding carboxylic acids is 2. The van der Waals surface area contributed by atoms with Crippen LogP contribution in [0.4, 0.5) is 0 Å². The van der Waals surface area contributed by atoms with E-state index in [4.69, 9.17) is 4.74 Å². The third kappa shape index (κ3) is 14.1. The molecule has 1 unspecified atom stereocenters. The summed E-state index contributed by atoms with van der Waals surface area (Å²) in [5.41, 5.74) is 0. The molecular formula is C21H40B3N2O4. The van der Waals surface area contributed by atoms with Crippen molar-refractivity contribution in [2.45, 2.75) is 51.9 Å². The van der Waals surface area contributed by atoms with E-state index in [2.05, 4.69) is 44.1 Å². The first kappa shape index (κ1) is 31.2. The average Bonchev–Trinajstić information content (AvgIpc) is 2.75. The first-order valence-corrected chi connectivity index (χ1v) is 10.7. The molecule has 0 saturated carbocycles. The van der Waals surface area contributed by atoms with E-state index in [9.17, 15) is 9.59 Å². The highest BCUT2D eigenvalue weighted by Crippen LogP contribution is 2.24. The Morgan fingerprint density at radius 2 is 1.33 bits per heavy atom. The Kier molecular flexibility index (Phi) is 19.6. The van der Waals surface area contributed by atoms with Gasteiger partial charge in [0.15, 0.2) is 0 Å². The number of esters is 2. The summed E-state index contributed by atoms with van der Waals surface area (Å²) in [6.07, 6.45) is 7.47. The molecule has 0 bridgehead atoms. The highest BCUT2D eigenvalue weighted by atomic mass is 16.5. The Morgan fingerprint density at radius 1 is 0.900 bits per heavy atom. The molecule has 9 heteroatoms. The largest absolute Gasteiger partial charge is 0.469 e. The first-order chi connectivity index (χ1) is 13.8. The summed E-state index contributed by atoms with van der Waals surface area (Å²) in [5.74, 6) is 1.37. The van der Waals surface area contributed by atoms with E-state index in [-0.39, 0.29) is 26.3 Å². The van der Waals surface area contributed by atoms with Crippen LogP contribution in [-0.4, -0.2) is 100 Å². The van der Waals surface area contributed by atoms with E-state index in [0.717, 1.165) is 18.8 Å². The number of hydrogen-bond acceptors (Lipinski definition) is 6. The van der Waals surface area contributed by atoms with E-state index in [1.165, 1.54) is 66.1 Å². The molecule has 6 nitrogen and oxygen atoms in total. The van der Waals surface area contributed by atoms with E-state index in [1.54, 1.807) is 0 Å². The molecule has 0 aromatic heterocycles. The second-order valence-electron chi connectivity index (χ2n) is 8.27. The van der Waals surface area contributed by atoms with Crippen molar-refractivity contribution < 1.29 is 19.1 Å². The summed E-state index contributed by atoms with van der Waals surface area (Å²) >= 11 is 0. The first-order valence-electron chi connectivity index (χ1n) is 10.7. The molecule has 0 amide bonds. The lowest BCUT2D eigenvalue weighted by Crippen LogP contribution is -2.31. The van der Waals surface area contributed by atoms with Gasteiger partial charge in [-0.3, -0.25) is 9.59 Å². The van der Waals surface area contributed by atoms with Crippen LogP contribution in [0.5, 0.6) is 0 Å².